The number of rotatable bonds is 13. The summed E-state index contributed by atoms with van der Waals surface area (Å²) in [6.07, 6.45) is 0.759. The third-order valence-electron chi connectivity index (χ3n) is 8.79. The minimum absolute atomic E-state index is 0.0133. The molecular formula is C39H41N5O4. The standard InChI is InChI=1S/C39H41N5O4/c1-5-43(6-2)37(45)24-47-31-16-11-26(12-17-31)34-23-30-10-9-28(21-35(30)40-34)29-15-20-33-36(22-29)42-39(41-33)27-13-18-32(19-14-27)48-25-38(46)44(7-3)8-4/h9-22H,5-8,23-25H2,1-4H3,(H,41,42). The third-order valence-corrected chi connectivity index (χ3v) is 8.79. The largest absolute Gasteiger partial charge is 0.484 e. The molecule has 2 heterocycles. The minimum Gasteiger partial charge on any atom is -0.484 e. The summed E-state index contributed by atoms with van der Waals surface area (Å²) in [5.74, 6) is 2.04. The van der Waals surface area contributed by atoms with E-state index in [9.17, 15) is 9.59 Å². The van der Waals surface area contributed by atoms with E-state index < -0.39 is 0 Å². The van der Waals surface area contributed by atoms with Gasteiger partial charge in [0.1, 0.15) is 17.3 Å². The smallest absolute Gasteiger partial charge is 0.260 e. The Hall–Kier alpha value is -5.44. The Kier molecular flexibility index (Phi) is 9.85. The number of aromatic nitrogens is 2. The third kappa shape index (κ3) is 7.10. The van der Waals surface area contributed by atoms with Crippen molar-refractivity contribution in [3.63, 3.8) is 0 Å². The SMILES string of the molecule is CCN(CC)C(=O)COc1ccc(C2=Nc3cc(-c4ccc5nc(-c6ccc(OCC(=O)N(CC)CC)cc6)[nH]c5c4)ccc3C2)cc1. The second-order valence-electron chi connectivity index (χ2n) is 11.7. The zero-order valence-electron chi connectivity index (χ0n) is 28.0. The molecule has 0 bridgehead atoms. The molecule has 48 heavy (non-hydrogen) atoms. The van der Waals surface area contributed by atoms with Crippen LogP contribution in [0.5, 0.6) is 11.5 Å². The highest BCUT2D eigenvalue weighted by molar-refractivity contribution is 6.07. The fourth-order valence-corrected chi connectivity index (χ4v) is 5.93. The van der Waals surface area contributed by atoms with Crippen LogP contribution < -0.4 is 9.47 Å². The van der Waals surface area contributed by atoms with Crippen LogP contribution in [0.1, 0.15) is 38.8 Å². The molecule has 1 aliphatic rings. The average Bonchev–Trinajstić information content (AvgIpc) is 3.75. The first-order chi connectivity index (χ1) is 23.4. The molecule has 9 nitrogen and oxygen atoms in total. The number of aromatic amines is 1. The van der Waals surface area contributed by atoms with Crippen LogP contribution in [0, 0.1) is 0 Å². The van der Waals surface area contributed by atoms with Crippen LogP contribution in [-0.2, 0) is 16.0 Å². The number of likely N-dealkylation sites (N-methyl/N-ethyl adjacent to an activating group) is 2. The summed E-state index contributed by atoms with van der Waals surface area (Å²) >= 11 is 0. The lowest BCUT2D eigenvalue weighted by molar-refractivity contribution is -0.133. The van der Waals surface area contributed by atoms with Crippen molar-refractivity contribution in [3.05, 3.63) is 96.1 Å². The van der Waals surface area contributed by atoms with Crippen LogP contribution in [0.15, 0.2) is 89.9 Å². The van der Waals surface area contributed by atoms with Gasteiger partial charge in [-0.05, 0) is 117 Å². The predicted octanol–water partition coefficient (Wildman–Crippen LogP) is 7.07. The molecule has 0 spiro atoms. The molecule has 0 saturated heterocycles. The summed E-state index contributed by atoms with van der Waals surface area (Å²) in [7, 11) is 0. The molecule has 1 N–H and O–H groups in total. The van der Waals surface area contributed by atoms with E-state index in [1.165, 1.54) is 5.56 Å². The van der Waals surface area contributed by atoms with Crippen LogP contribution in [-0.4, -0.2) is 76.7 Å². The Labute approximate surface area is 281 Å². The molecule has 4 aromatic carbocycles. The quantitative estimate of drug-likeness (QED) is 0.148. The molecule has 0 aliphatic carbocycles. The minimum atomic E-state index is -0.0224. The zero-order chi connectivity index (χ0) is 33.6. The summed E-state index contributed by atoms with van der Waals surface area (Å²) < 4.78 is 11.4. The fourth-order valence-electron chi connectivity index (χ4n) is 5.93. The fraction of sp³-hybridized carbons (Fsp3) is 0.282. The van der Waals surface area contributed by atoms with Crippen molar-refractivity contribution < 1.29 is 19.1 Å². The summed E-state index contributed by atoms with van der Waals surface area (Å²) in [5.41, 5.74) is 9.12. The van der Waals surface area contributed by atoms with Gasteiger partial charge < -0.3 is 24.3 Å². The van der Waals surface area contributed by atoms with Gasteiger partial charge >= 0.3 is 0 Å². The van der Waals surface area contributed by atoms with Crippen molar-refractivity contribution in [3.8, 4) is 34.0 Å². The van der Waals surface area contributed by atoms with Crippen molar-refractivity contribution in [1.82, 2.24) is 19.8 Å². The van der Waals surface area contributed by atoms with Crippen molar-refractivity contribution in [2.24, 2.45) is 4.99 Å². The van der Waals surface area contributed by atoms with Gasteiger partial charge in [-0.1, -0.05) is 18.2 Å². The molecule has 5 aromatic rings. The van der Waals surface area contributed by atoms with Crippen LogP contribution in [0.3, 0.4) is 0 Å². The van der Waals surface area contributed by atoms with Crippen LogP contribution in [0.2, 0.25) is 0 Å². The number of fused-ring (bicyclic) bond motifs is 2. The summed E-state index contributed by atoms with van der Waals surface area (Å²) in [4.78, 5) is 41.3. The zero-order valence-corrected chi connectivity index (χ0v) is 28.0. The van der Waals surface area contributed by atoms with E-state index in [-0.39, 0.29) is 25.0 Å². The normalized spacial score (nSPS) is 12.0. The number of benzene rings is 4. The number of carbonyl (C=O) groups is 2. The van der Waals surface area contributed by atoms with Gasteiger partial charge in [0, 0.05) is 38.2 Å². The van der Waals surface area contributed by atoms with Crippen molar-refractivity contribution in [2.75, 3.05) is 39.4 Å². The van der Waals surface area contributed by atoms with Gasteiger partial charge in [-0.2, -0.15) is 0 Å². The van der Waals surface area contributed by atoms with Gasteiger partial charge in [-0.3, -0.25) is 14.6 Å². The number of nitrogens with one attached hydrogen (secondary N) is 1. The Balaban J connectivity index is 1.12. The van der Waals surface area contributed by atoms with Crippen LogP contribution in [0.25, 0.3) is 33.5 Å². The molecule has 1 aromatic heterocycles. The molecule has 2 amide bonds. The molecule has 1 aliphatic heterocycles. The lowest BCUT2D eigenvalue weighted by Gasteiger charge is -2.18. The Morgan fingerprint density at radius 3 is 1.77 bits per heavy atom. The van der Waals surface area contributed by atoms with Crippen molar-refractivity contribution in [1.29, 1.82) is 0 Å². The van der Waals surface area contributed by atoms with E-state index in [0.29, 0.717) is 37.7 Å². The van der Waals surface area contributed by atoms with E-state index in [4.69, 9.17) is 19.5 Å². The summed E-state index contributed by atoms with van der Waals surface area (Å²) in [6, 6.07) is 28.1. The number of carbonyl (C=O) groups excluding carboxylic acids is 2. The molecule has 0 unspecified atom stereocenters. The van der Waals surface area contributed by atoms with E-state index in [1.54, 1.807) is 9.80 Å². The second kappa shape index (κ2) is 14.5. The molecule has 0 atom stereocenters. The van der Waals surface area contributed by atoms with Gasteiger partial charge in [-0.25, -0.2) is 4.98 Å². The Morgan fingerprint density at radius 1 is 0.667 bits per heavy atom. The topological polar surface area (TPSA) is 100 Å². The highest BCUT2D eigenvalue weighted by atomic mass is 16.5. The molecule has 0 fully saturated rings. The molecule has 6 rings (SSSR count). The molecule has 246 valence electrons. The van der Waals surface area contributed by atoms with E-state index in [1.807, 2.05) is 82.3 Å². The Morgan fingerprint density at radius 2 is 1.19 bits per heavy atom. The highest BCUT2D eigenvalue weighted by Crippen LogP contribution is 2.35. The maximum Gasteiger partial charge on any atom is 0.260 e. The van der Waals surface area contributed by atoms with Gasteiger partial charge in [0.15, 0.2) is 13.2 Å². The van der Waals surface area contributed by atoms with Crippen molar-refractivity contribution in [2.45, 2.75) is 34.1 Å². The number of amides is 2. The van der Waals surface area contributed by atoms with E-state index in [0.717, 1.165) is 56.9 Å². The van der Waals surface area contributed by atoms with Gasteiger partial charge in [-0.15, -0.1) is 0 Å². The summed E-state index contributed by atoms with van der Waals surface area (Å²) in [6.45, 7) is 10.6. The van der Waals surface area contributed by atoms with E-state index >= 15 is 0 Å². The Bertz CT molecular complexity index is 1940. The maximum atomic E-state index is 12.3. The lowest BCUT2D eigenvalue weighted by Crippen LogP contribution is -2.34. The maximum absolute atomic E-state index is 12.3. The molecule has 0 radical (unpaired) electrons. The van der Waals surface area contributed by atoms with E-state index in [2.05, 4.69) is 35.3 Å². The number of ether oxygens (including phenoxy) is 2. The molecule has 9 heteroatoms. The number of H-pyrrole nitrogens is 1. The second-order valence-corrected chi connectivity index (χ2v) is 11.7. The number of imidazole rings is 1. The van der Waals surface area contributed by atoms with Crippen LogP contribution >= 0.6 is 0 Å². The summed E-state index contributed by atoms with van der Waals surface area (Å²) in [5, 5.41) is 0. The average molecular weight is 644 g/mol. The number of hydrogen-bond donors (Lipinski definition) is 1. The van der Waals surface area contributed by atoms with Crippen LogP contribution in [0.4, 0.5) is 5.69 Å². The van der Waals surface area contributed by atoms with Crippen molar-refractivity contribution >= 4 is 34.2 Å². The predicted molar refractivity (Wildman–Crippen MR) is 190 cm³/mol. The molecule has 0 saturated carbocycles. The molecular weight excluding hydrogens is 602 g/mol. The first kappa shape index (κ1) is 32.5. The number of hydrogen-bond acceptors (Lipinski definition) is 6. The monoisotopic (exact) mass is 643 g/mol. The van der Waals surface area contributed by atoms with Gasteiger partial charge in [0.05, 0.1) is 22.4 Å². The van der Waals surface area contributed by atoms with Gasteiger partial charge in [0.2, 0.25) is 0 Å². The first-order valence-corrected chi connectivity index (χ1v) is 16.6. The highest BCUT2D eigenvalue weighted by Gasteiger charge is 2.18. The number of nitrogens with zero attached hydrogens (tertiary/aromatic N) is 4. The lowest BCUT2D eigenvalue weighted by atomic mass is 10.00. The first-order valence-electron chi connectivity index (χ1n) is 16.6. The van der Waals surface area contributed by atoms with Gasteiger partial charge in [0.25, 0.3) is 11.8 Å². The number of aliphatic imine (C=N–C) groups is 1.